The Balaban J connectivity index is 3.97. The lowest BCUT2D eigenvalue weighted by molar-refractivity contribution is 0.0501. The van der Waals surface area contributed by atoms with Crippen molar-refractivity contribution in [2.45, 2.75) is 58.6 Å². The number of rotatable bonds is 4. The molecule has 0 aliphatic rings. The molecule has 0 aliphatic carbocycles. The fourth-order valence-corrected chi connectivity index (χ4v) is 1.09. The van der Waals surface area contributed by atoms with Gasteiger partial charge in [0.1, 0.15) is 5.60 Å². The van der Waals surface area contributed by atoms with E-state index in [1.54, 1.807) is 0 Å². The molecule has 0 spiro atoms. The van der Waals surface area contributed by atoms with Crippen molar-refractivity contribution >= 4 is 6.09 Å². The minimum atomic E-state index is -0.475. The molecule has 0 fully saturated rings. The summed E-state index contributed by atoms with van der Waals surface area (Å²) in [5, 5.41) is 11.2. The van der Waals surface area contributed by atoms with Gasteiger partial charge in [-0.25, -0.2) is 4.79 Å². The second-order valence-corrected chi connectivity index (χ2v) is 4.45. The van der Waals surface area contributed by atoms with Gasteiger partial charge in [0.2, 0.25) is 0 Å². The molecule has 0 aromatic heterocycles. The molecule has 1 N–H and O–H groups in total. The number of carbonyl (C=O) groups is 1. The first-order valence-corrected chi connectivity index (χ1v) is 5.25. The van der Waals surface area contributed by atoms with Crippen molar-refractivity contribution in [3.8, 4) is 6.07 Å². The van der Waals surface area contributed by atoms with Crippen LogP contribution in [0.2, 0.25) is 0 Å². The number of amides is 1. The zero-order chi connectivity index (χ0) is 11.9. The van der Waals surface area contributed by atoms with Gasteiger partial charge in [-0.15, -0.1) is 0 Å². The molecule has 4 heteroatoms. The Hall–Kier alpha value is -1.24. The first-order chi connectivity index (χ1) is 6.89. The van der Waals surface area contributed by atoms with Crippen molar-refractivity contribution in [2.24, 2.45) is 0 Å². The van der Waals surface area contributed by atoms with Gasteiger partial charge in [-0.3, -0.25) is 0 Å². The first-order valence-electron chi connectivity index (χ1n) is 5.25. The van der Waals surface area contributed by atoms with Crippen LogP contribution in [-0.2, 0) is 4.74 Å². The average molecular weight is 212 g/mol. The smallest absolute Gasteiger partial charge is 0.407 e. The van der Waals surface area contributed by atoms with E-state index in [1.165, 1.54) is 0 Å². The third-order valence-corrected chi connectivity index (χ3v) is 1.82. The Morgan fingerprint density at radius 2 is 2.13 bits per heavy atom. The van der Waals surface area contributed by atoms with Gasteiger partial charge < -0.3 is 10.1 Å². The predicted octanol–water partition coefficient (Wildman–Crippen LogP) is 2.59. The van der Waals surface area contributed by atoms with Gasteiger partial charge >= 0.3 is 6.09 Å². The standard InChI is InChI=1S/C11H20N2O2/c1-5-9(7-6-8-12)13-10(14)15-11(2,3)4/h9H,5-7H2,1-4H3,(H,13,14). The largest absolute Gasteiger partial charge is 0.444 e. The van der Waals surface area contributed by atoms with Crippen LogP contribution in [0.15, 0.2) is 0 Å². The molecule has 0 aliphatic heterocycles. The molecule has 1 amide bonds. The molecule has 0 saturated carbocycles. The summed E-state index contributed by atoms with van der Waals surface area (Å²) in [5.41, 5.74) is -0.475. The lowest BCUT2D eigenvalue weighted by Crippen LogP contribution is -2.38. The van der Waals surface area contributed by atoms with Crippen LogP contribution in [0.5, 0.6) is 0 Å². The highest BCUT2D eigenvalue weighted by Crippen LogP contribution is 2.08. The van der Waals surface area contributed by atoms with Gasteiger partial charge in [-0.05, 0) is 33.6 Å². The van der Waals surface area contributed by atoms with E-state index in [-0.39, 0.29) is 6.04 Å². The summed E-state index contributed by atoms with van der Waals surface area (Å²) in [6.07, 6.45) is 1.52. The Kier molecular flexibility index (Phi) is 5.76. The van der Waals surface area contributed by atoms with Crippen LogP contribution in [0.3, 0.4) is 0 Å². The highest BCUT2D eigenvalue weighted by atomic mass is 16.6. The second-order valence-electron chi connectivity index (χ2n) is 4.45. The van der Waals surface area contributed by atoms with Crippen LogP contribution in [-0.4, -0.2) is 17.7 Å². The molecular formula is C11H20N2O2. The molecule has 0 bridgehead atoms. The van der Waals surface area contributed by atoms with Crippen LogP contribution in [0.4, 0.5) is 4.79 Å². The molecule has 0 aromatic carbocycles. The van der Waals surface area contributed by atoms with Crippen LogP contribution in [0.1, 0.15) is 47.0 Å². The van der Waals surface area contributed by atoms with Crippen LogP contribution in [0.25, 0.3) is 0 Å². The molecule has 0 radical (unpaired) electrons. The number of nitriles is 1. The Bertz CT molecular complexity index is 238. The maximum absolute atomic E-state index is 11.4. The van der Waals surface area contributed by atoms with Gasteiger partial charge in [-0.1, -0.05) is 6.92 Å². The molecule has 0 heterocycles. The summed E-state index contributed by atoms with van der Waals surface area (Å²) in [6.45, 7) is 7.44. The van der Waals surface area contributed by atoms with E-state index < -0.39 is 11.7 Å². The fourth-order valence-electron chi connectivity index (χ4n) is 1.09. The number of carbonyl (C=O) groups excluding carboxylic acids is 1. The maximum Gasteiger partial charge on any atom is 0.407 e. The Labute approximate surface area is 91.6 Å². The van der Waals surface area contributed by atoms with Crippen LogP contribution in [0, 0.1) is 11.3 Å². The molecule has 4 nitrogen and oxygen atoms in total. The number of alkyl carbamates (subject to hydrolysis) is 1. The van der Waals surface area contributed by atoms with Crippen LogP contribution < -0.4 is 5.32 Å². The Morgan fingerprint density at radius 1 is 1.53 bits per heavy atom. The van der Waals surface area contributed by atoms with E-state index in [0.717, 1.165) is 6.42 Å². The summed E-state index contributed by atoms with van der Waals surface area (Å²) in [5.74, 6) is 0. The minimum Gasteiger partial charge on any atom is -0.444 e. The zero-order valence-corrected chi connectivity index (χ0v) is 9.96. The van der Waals surface area contributed by atoms with Crippen molar-refractivity contribution in [3.63, 3.8) is 0 Å². The normalized spacial score (nSPS) is 12.7. The predicted molar refractivity (Wildman–Crippen MR) is 58.3 cm³/mol. The van der Waals surface area contributed by atoms with Crippen molar-refractivity contribution in [2.75, 3.05) is 0 Å². The minimum absolute atomic E-state index is 0.0273. The summed E-state index contributed by atoms with van der Waals surface area (Å²) in [7, 11) is 0. The molecule has 0 aromatic rings. The van der Waals surface area contributed by atoms with E-state index in [4.69, 9.17) is 10.00 Å². The van der Waals surface area contributed by atoms with E-state index in [2.05, 4.69) is 11.4 Å². The third kappa shape index (κ3) is 7.80. The Morgan fingerprint density at radius 3 is 2.53 bits per heavy atom. The highest BCUT2D eigenvalue weighted by Gasteiger charge is 2.18. The maximum atomic E-state index is 11.4. The van der Waals surface area contributed by atoms with Gasteiger partial charge in [0.05, 0.1) is 6.07 Å². The second kappa shape index (κ2) is 6.28. The lowest BCUT2D eigenvalue weighted by Gasteiger charge is -2.22. The van der Waals surface area contributed by atoms with Gasteiger partial charge in [0.15, 0.2) is 0 Å². The zero-order valence-electron chi connectivity index (χ0n) is 9.96. The van der Waals surface area contributed by atoms with Crippen molar-refractivity contribution in [3.05, 3.63) is 0 Å². The fraction of sp³-hybridized carbons (Fsp3) is 0.818. The van der Waals surface area contributed by atoms with Crippen molar-refractivity contribution in [1.29, 1.82) is 5.26 Å². The topological polar surface area (TPSA) is 62.1 Å². The van der Waals surface area contributed by atoms with Crippen molar-refractivity contribution in [1.82, 2.24) is 5.32 Å². The third-order valence-electron chi connectivity index (χ3n) is 1.82. The first kappa shape index (κ1) is 13.8. The quantitative estimate of drug-likeness (QED) is 0.779. The van der Waals surface area contributed by atoms with E-state index in [0.29, 0.717) is 12.8 Å². The molecular weight excluding hydrogens is 192 g/mol. The molecule has 0 saturated heterocycles. The van der Waals surface area contributed by atoms with Crippen LogP contribution >= 0.6 is 0 Å². The molecule has 15 heavy (non-hydrogen) atoms. The summed E-state index contributed by atoms with van der Waals surface area (Å²) in [6, 6.07) is 2.09. The summed E-state index contributed by atoms with van der Waals surface area (Å²) >= 11 is 0. The number of hydrogen-bond acceptors (Lipinski definition) is 3. The molecule has 86 valence electrons. The van der Waals surface area contributed by atoms with Crippen molar-refractivity contribution < 1.29 is 9.53 Å². The molecule has 1 unspecified atom stereocenters. The number of nitrogens with zero attached hydrogens (tertiary/aromatic N) is 1. The number of hydrogen-bond donors (Lipinski definition) is 1. The van der Waals surface area contributed by atoms with Gasteiger partial charge in [0.25, 0.3) is 0 Å². The lowest BCUT2D eigenvalue weighted by atomic mass is 10.1. The summed E-state index contributed by atoms with van der Waals surface area (Å²) in [4.78, 5) is 11.4. The highest BCUT2D eigenvalue weighted by molar-refractivity contribution is 5.68. The monoisotopic (exact) mass is 212 g/mol. The molecule has 0 rings (SSSR count). The average Bonchev–Trinajstić information content (AvgIpc) is 2.09. The number of ether oxygens (including phenoxy) is 1. The van der Waals surface area contributed by atoms with E-state index >= 15 is 0 Å². The SMILES string of the molecule is CCC(CCC#N)NC(=O)OC(C)(C)C. The van der Waals surface area contributed by atoms with E-state index in [1.807, 2.05) is 27.7 Å². The number of nitrogens with one attached hydrogen (secondary N) is 1. The summed E-state index contributed by atoms with van der Waals surface area (Å²) < 4.78 is 5.12. The molecule has 1 atom stereocenters. The van der Waals surface area contributed by atoms with Gasteiger partial charge in [0, 0.05) is 12.5 Å². The van der Waals surface area contributed by atoms with Gasteiger partial charge in [-0.2, -0.15) is 5.26 Å². The van der Waals surface area contributed by atoms with E-state index in [9.17, 15) is 4.79 Å².